The number of rotatable bonds is 1. The molecule has 0 spiro atoms. The van der Waals surface area contributed by atoms with Crippen molar-refractivity contribution in [3.63, 3.8) is 0 Å². The van der Waals surface area contributed by atoms with E-state index in [1.165, 1.54) is 6.07 Å². The van der Waals surface area contributed by atoms with Gasteiger partial charge in [0.2, 0.25) is 0 Å². The number of phenolic OH excluding ortho intramolecular Hbond substituents is 1. The molecule has 0 bridgehead atoms. The Morgan fingerprint density at radius 3 is 2.55 bits per heavy atom. The van der Waals surface area contributed by atoms with Gasteiger partial charge < -0.3 is 5.11 Å². The molecule has 11 heavy (non-hydrogen) atoms. The van der Waals surface area contributed by atoms with Crippen LogP contribution in [-0.4, -0.2) is 11.4 Å². The molecule has 1 aromatic carbocycles. The third-order valence-electron chi connectivity index (χ3n) is 1.23. The van der Waals surface area contributed by atoms with Gasteiger partial charge in [-0.2, -0.15) is 0 Å². The lowest BCUT2D eigenvalue weighted by molar-refractivity contribution is 0.112. The molecule has 0 aliphatic rings. The van der Waals surface area contributed by atoms with Crippen molar-refractivity contribution in [1.29, 1.82) is 0 Å². The van der Waals surface area contributed by atoms with E-state index in [-0.39, 0.29) is 11.3 Å². The maximum atomic E-state index is 10.3. The van der Waals surface area contributed by atoms with Gasteiger partial charge in [0.1, 0.15) is 5.75 Å². The molecule has 4 heteroatoms. The molecule has 1 aromatic rings. The van der Waals surface area contributed by atoms with Crippen LogP contribution in [0.1, 0.15) is 10.4 Å². The van der Waals surface area contributed by atoms with Gasteiger partial charge in [0.05, 0.1) is 5.56 Å². The van der Waals surface area contributed by atoms with E-state index < -0.39 is 0 Å². The van der Waals surface area contributed by atoms with Gasteiger partial charge in [-0.05, 0) is 12.1 Å². The molecule has 0 radical (unpaired) electrons. The summed E-state index contributed by atoms with van der Waals surface area (Å²) in [4.78, 5) is 11.3. The first-order valence-corrected chi connectivity index (χ1v) is 3.74. The van der Waals surface area contributed by atoms with Crippen molar-refractivity contribution in [2.75, 3.05) is 0 Å². The van der Waals surface area contributed by atoms with Crippen molar-refractivity contribution in [2.45, 2.75) is 9.79 Å². The highest BCUT2D eigenvalue weighted by Gasteiger charge is 2.04. The highest BCUT2D eigenvalue weighted by atomic mass is 32.1. The number of carbonyl (C=O) groups excluding carboxylic acids is 1. The summed E-state index contributed by atoms with van der Waals surface area (Å²) < 4.78 is 0. The third-order valence-corrected chi connectivity index (χ3v) is 1.83. The van der Waals surface area contributed by atoms with Crippen LogP contribution in [0.3, 0.4) is 0 Å². The summed E-state index contributed by atoms with van der Waals surface area (Å²) >= 11 is 7.94. The fraction of sp³-hybridized carbons (Fsp3) is 0. The maximum Gasteiger partial charge on any atom is 0.153 e. The SMILES string of the molecule is O=Cc1cc(S)cc(S)c1O. The second-order valence-corrected chi connectivity index (χ2v) is 3.02. The number of hydrogen-bond donors (Lipinski definition) is 3. The van der Waals surface area contributed by atoms with E-state index in [1.54, 1.807) is 6.07 Å². The average molecular weight is 186 g/mol. The fourth-order valence-corrected chi connectivity index (χ4v) is 1.35. The number of aldehydes is 1. The average Bonchev–Trinajstić information content (AvgIpc) is 1.96. The van der Waals surface area contributed by atoms with Crippen molar-refractivity contribution in [3.05, 3.63) is 17.7 Å². The predicted molar refractivity (Wildman–Crippen MR) is 48.0 cm³/mol. The van der Waals surface area contributed by atoms with Gasteiger partial charge in [-0.15, -0.1) is 25.3 Å². The van der Waals surface area contributed by atoms with Crippen LogP contribution >= 0.6 is 25.3 Å². The second-order valence-electron chi connectivity index (χ2n) is 2.02. The highest BCUT2D eigenvalue weighted by Crippen LogP contribution is 2.27. The van der Waals surface area contributed by atoms with E-state index >= 15 is 0 Å². The molecule has 0 heterocycles. The number of phenols is 1. The Hall–Kier alpha value is -0.610. The monoisotopic (exact) mass is 186 g/mol. The van der Waals surface area contributed by atoms with E-state index in [1.807, 2.05) is 0 Å². The van der Waals surface area contributed by atoms with Crippen LogP contribution in [0.15, 0.2) is 21.9 Å². The lowest BCUT2D eigenvalue weighted by atomic mass is 10.2. The molecule has 0 amide bonds. The number of carbonyl (C=O) groups is 1. The maximum absolute atomic E-state index is 10.3. The van der Waals surface area contributed by atoms with E-state index in [0.717, 1.165) is 0 Å². The summed E-state index contributed by atoms with van der Waals surface area (Å²) in [5.74, 6) is -0.0962. The zero-order chi connectivity index (χ0) is 8.43. The van der Waals surface area contributed by atoms with E-state index in [4.69, 9.17) is 0 Å². The van der Waals surface area contributed by atoms with Crippen LogP contribution in [0, 0.1) is 0 Å². The number of hydrogen-bond acceptors (Lipinski definition) is 4. The molecular weight excluding hydrogens is 180 g/mol. The lowest BCUT2D eigenvalue weighted by Gasteiger charge is -2.01. The molecule has 0 saturated carbocycles. The molecule has 1 N–H and O–H groups in total. The summed E-state index contributed by atoms with van der Waals surface area (Å²) in [5, 5.41) is 9.18. The van der Waals surface area contributed by atoms with Gasteiger partial charge in [-0.1, -0.05) is 0 Å². The molecular formula is C7H6O2S2. The number of benzene rings is 1. The van der Waals surface area contributed by atoms with E-state index in [2.05, 4.69) is 25.3 Å². The molecule has 0 atom stereocenters. The van der Waals surface area contributed by atoms with E-state index in [0.29, 0.717) is 16.1 Å². The quantitative estimate of drug-likeness (QED) is 0.462. The Morgan fingerprint density at radius 1 is 1.36 bits per heavy atom. The summed E-state index contributed by atoms with van der Waals surface area (Å²) in [6.07, 6.45) is 0.564. The number of aromatic hydroxyl groups is 1. The minimum absolute atomic E-state index is 0.0962. The molecule has 58 valence electrons. The second kappa shape index (κ2) is 3.19. The topological polar surface area (TPSA) is 37.3 Å². The van der Waals surface area contributed by atoms with Gasteiger partial charge in [-0.3, -0.25) is 4.79 Å². The Labute approximate surface area is 75.1 Å². The molecule has 0 unspecified atom stereocenters. The summed E-state index contributed by atoms with van der Waals surface area (Å²) in [7, 11) is 0. The van der Waals surface area contributed by atoms with Crippen LogP contribution in [0.4, 0.5) is 0 Å². The van der Waals surface area contributed by atoms with Gasteiger partial charge in [0.15, 0.2) is 6.29 Å². The van der Waals surface area contributed by atoms with Crippen LogP contribution in [-0.2, 0) is 0 Å². The number of thiol groups is 2. The largest absolute Gasteiger partial charge is 0.506 e. The molecule has 2 nitrogen and oxygen atoms in total. The molecule has 0 saturated heterocycles. The van der Waals surface area contributed by atoms with Gasteiger partial charge in [0, 0.05) is 9.79 Å². The first-order valence-electron chi connectivity index (χ1n) is 2.85. The van der Waals surface area contributed by atoms with Gasteiger partial charge in [-0.25, -0.2) is 0 Å². The lowest BCUT2D eigenvalue weighted by Crippen LogP contribution is -1.82. The molecule has 0 aromatic heterocycles. The molecule has 0 fully saturated rings. The van der Waals surface area contributed by atoms with Crippen LogP contribution < -0.4 is 0 Å². The normalized spacial score (nSPS) is 9.64. The third kappa shape index (κ3) is 1.70. The minimum atomic E-state index is -0.0962. The molecule has 0 aliphatic carbocycles. The van der Waals surface area contributed by atoms with Crippen molar-refractivity contribution >= 4 is 31.5 Å². The fourth-order valence-electron chi connectivity index (χ4n) is 0.716. The minimum Gasteiger partial charge on any atom is -0.506 e. The van der Waals surface area contributed by atoms with Crippen molar-refractivity contribution < 1.29 is 9.90 Å². The first kappa shape index (κ1) is 8.49. The summed E-state index contributed by atoms with van der Waals surface area (Å²) in [6, 6.07) is 3.04. The van der Waals surface area contributed by atoms with Crippen molar-refractivity contribution in [1.82, 2.24) is 0 Å². The van der Waals surface area contributed by atoms with Crippen molar-refractivity contribution in [3.8, 4) is 5.75 Å². The Bertz CT molecular complexity index is 297. The Balaban J connectivity index is 3.35. The predicted octanol–water partition coefficient (Wildman–Crippen LogP) is 1.78. The highest BCUT2D eigenvalue weighted by molar-refractivity contribution is 7.81. The van der Waals surface area contributed by atoms with Gasteiger partial charge >= 0.3 is 0 Å². The zero-order valence-electron chi connectivity index (χ0n) is 5.48. The van der Waals surface area contributed by atoms with Crippen LogP contribution in [0.5, 0.6) is 5.75 Å². The summed E-state index contributed by atoms with van der Waals surface area (Å²) in [5.41, 5.74) is 0.211. The van der Waals surface area contributed by atoms with Crippen LogP contribution in [0.2, 0.25) is 0 Å². The molecule has 0 aliphatic heterocycles. The van der Waals surface area contributed by atoms with Gasteiger partial charge in [0.25, 0.3) is 0 Å². The Kier molecular flexibility index (Phi) is 2.46. The first-order chi connectivity index (χ1) is 5.15. The smallest absolute Gasteiger partial charge is 0.153 e. The van der Waals surface area contributed by atoms with Crippen LogP contribution in [0.25, 0.3) is 0 Å². The Morgan fingerprint density at radius 2 is 2.00 bits per heavy atom. The summed E-state index contributed by atoms with van der Waals surface area (Å²) in [6.45, 7) is 0. The van der Waals surface area contributed by atoms with E-state index in [9.17, 15) is 9.90 Å². The standard InChI is InChI=1S/C7H6O2S2/c8-3-4-1-5(10)2-6(11)7(4)9/h1-3,9-11H. The van der Waals surface area contributed by atoms with Crippen molar-refractivity contribution in [2.24, 2.45) is 0 Å². The zero-order valence-corrected chi connectivity index (χ0v) is 7.27. The molecule has 1 rings (SSSR count).